The van der Waals surface area contributed by atoms with Crippen LogP contribution in [-0.2, 0) is 65.4 Å². The number of unbranched alkanes of at least 4 members (excludes halogenated alkanes) is 44. The van der Waals surface area contributed by atoms with Gasteiger partial charge in [-0.15, -0.1) is 0 Å². The van der Waals surface area contributed by atoms with Crippen molar-refractivity contribution in [2.45, 2.75) is 420 Å². The molecule has 0 rings (SSSR count). The predicted molar refractivity (Wildman–Crippen MR) is 395 cm³/mol. The number of phosphoric ester groups is 2. The fourth-order valence-electron chi connectivity index (χ4n) is 12.0. The summed E-state index contributed by atoms with van der Waals surface area (Å²) in [6.07, 6.45) is 55.7. The van der Waals surface area contributed by atoms with Crippen LogP contribution in [-0.4, -0.2) is 96.7 Å². The highest BCUT2D eigenvalue weighted by atomic mass is 31.2. The molecule has 0 bridgehead atoms. The van der Waals surface area contributed by atoms with Gasteiger partial charge in [-0.3, -0.25) is 37.3 Å². The first-order chi connectivity index (χ1) is 46.7. The van der Waals surface area contributed by atoms with Crippen molar-refractivity contribution in [3.05, 3.63) is 0 Å². The van der Waals surface area contributed by atoms with Gasteiger partial charge < -0.3 is 33.8 Å². The largest absolute Gasteiger partial charge is 0.472 e. The second kappa shape index (κ2) is 68.5. The molecule has 19 heteroatoms. The van der Waals surface area contributed by atoms with E-state index in [1.54, 1.807) is 0 Å². The summed E-state index contributed by atoms with van der Waals surface area (Å²) in [5.41, 5.74) is 0. The molecule has 576 valence electrons. The van der Waals surface area contributed by atoms with Crippen molar-refractivity contribution in [2.75, 3.05) is 39.6 Å². The highest BCUT2D eigenvalue weighted by molar-refractivity contribution is 7.47. The van der Waals surface area contributed by atoms with Crippen molar-refractivity contribution in [2.24, 2.45) is 17.8 Å². The van der Waals surface area contributed by atoms with E-state index in [4.69, 9.17) is 37.0 Å². The Balaban J connectivity index is 5.19. The van der Waals surface area contributed by atoms with Gasteiger partial charge in [-0.05, 0) is 43.4 Å². The van der Waals surface area contributed by atoms with E-state index in [0.717, 1.165) is 114 Å². The van der Waals surface area contributed by atoms with Gasteiger partial charge >= 0.3 is 39.5 Å². The van der Waals surface area contributed by atoms with Crippen molar-refractivity contribution < 1.29 is 80.2 Å². The van der Waals surface area contributed by atoms with E-state index in [1.165, 1.54) is 205 Å². The number of hydrogen-bond acceptors (Lipinski definition) is 15. The lowest BCUT2D eigenvalue weighted by Gasteiger charge is -2.21. The average Bonchev–Trinajstić information content (AvgIpc) is 2.02. The van der Waals surface area contributed by atoms with Gasteiger partial charge in [-0.25, -0.2) is 9.13 Å². The lowest BCUT2D eigenvalue weighted by atomic mass is 10.0. The molecular formula is C78H152O17P2. The zero-order chi connectivity index (χ0) is 71.6. The first-order valence-electron chi connectivity index (χ1n) is 40.3. The van der Waals surface area contributed by atoms with Crippen molar-refractivity contribution in [3.8, 4) is 0 Å². The van der Waals surface area contributed by atoms with E-state index in [1.807, 2.05) is 0 Å². The molecule has 0 aliphatic carbocycles. The maximum absolute atomic E-state index is 13.1. The average molecular weight is 1420 g/mol. The predicted octanol–water partition coefficient (Wildman–Crippen LogP) is 23.0. The zero-order valence-electron chi connectivity index (χ0n) is 63.5. The highest BCUT2D eigenvalue weighted by Crippen LogP contribution is 2.45. The standard InChI is InChI=1S/C78H152O17P2/c1-8-9-10-11-12-38-45-52-59-75(80)88-65-73(95-78(83)62-55-48-41-34-33-37-44-51-58-71(6)7)67-92-96(84,85)90-63-72(79)64-91-97(86,87)93-68-74(94-77(82)61-54-47-40-32-28-24-20-16-14-18-22-26-30-36-43-50-57-70(4)5)66-89-76(81)60-53-46-39-31-27-23-19-15-13-17-21-25-29-35-42-49-56-69(2)3/h69-74,79H,8-68H2,1-7H3,(H,84,85)(H,86,87)/t72-,73+,74+/m0/s1. The molecule has 97 heavy (non-hydrogen) atoms. The molecular weight excluding hydrogens is 1270 g/mol. The molecule has 0 spiro atoms. The fourth-order valence-corrected chi connectivity index (χ4v) is 13.5. The van der Waals surface area contributed by atoms with Gasteiger partial charge in [-0.2, -0.15) is 0 Å². The van der Waals surface area contributed by atoms with Gasteiger partial charge in [0, 0.05) is 25.7 Å². The van der Waals surface area contributed by atoms with Gasteiger partial charge in [0.25, 0.3) is 0 Å². The molecule has 0 aliphatic rings. The van der Waals surface area contributed by atoms with E-state index in [2.05, 4.69) is 48.5 Å². The van der Waals surface area contributed by atoms with Crippen LogP contribution in [0.4, 0.5) is 0 Å². The summed E-state index contributed by atoms with van der Waals surface area (Å²) in [5, 5.41) is 10.6. The Bertz CT molecular complexity index is 1890. The Morgan fingerprint density at radius 1 is 0.278 bits per heavy atom. The van der Waals surface area contributed by atoms with E-state index in [9.17, 15) is 43.2 Å². The van der Waals surface area contributed by atoms with Crippen LogP contribution in [0.5, 0.6) is 0 Å². The van der Waals surface area contributed by atoms with E-state index < -0.39 is 97.5 Å². The van der Waals surface area contributed by atoms with Crippen LogP contribution in [0, 0.1) is 17.8 Å². The smallest absolute Gasteiger partial charge is 0.462 e. The monoisotopic (exact) mass is 1420 g/mol. The summed E-state index contributed by atoms with van der Waals surface area (Å²) >= 11 is 0. The van der Waals surface area contributed by atoms with E-state index in [0.29, 0.717) is 25.7 Å². The van der Waals surface area contributed by atoms with Crippen LogP contribution in [0.15, 0.2) is 0 Å². The van der Waals surface area contributed by atoms with Crippen LogP contribution in [0.3, 0.4) is 0 Å². The molecule has 0 aromatic rings. The quantitative estimate of drug-likeness (QED) is 0.0222. The number of esters is 4. The number of hydrogen-bond donors (Lipinski definition) is 3. The van der Waals surface area contributed by atoms with Crippen molar-refractivity contribution in [3.63, 3.8) is 0 Å². The minimum absolute atomic E-state index is 0.104. The number of ether oxygens (including phenoxy) is 4. The molecule has 5 atom stereocenters. The maximum Gasteiger partial charge on any atom is 0.472 e. The van der Waals surface area contributed by atoms with Crippen LogP contribution in [0.2, 0.25) is 0 Å². The molecule has 0 aromatic heterocycles. The van der Waals surface area contributed by atoms with Crippen LogP contribution in [0.1, 0.15) is 402 Å². The van der Waals surface area contributed by atoms with Gasteiger partial charge in [-0.1, -0.05) is 350 Å². The molecule has 0 radical (unpaired) electrons. The highest BCUT2D eigenvalue weighted by Gasteiger charge is 2.30. The molecule has 0 saturated carbocycles. The van der Waals surface area contributed by atoms with Gasteiger partial charge in [0.05, 0.1) is 26.4 Å². The summed E-state index contributed by atoms with van der Waals surface area (Å²) in [4.78, 5) is 72.8. The summed E-state index contributed by atoms with van der Waals surface area (Å²) in [7, 11) is -9.91. The first-order valence-corrected chi connectivity index (χ1v) is 43.3. The van der Waals surface area contributed by atoms with Gasteiger partial charge in [0.2, 0.25) is 0 Å². The minimum Gasteiger partial charge on any atom is -0.462 e. The second-order valence-electron chi connectivity index (χ2n) is 29.5. The summed E-state index contributed by atoms with van der Waals surface area (Å²) < 4.78 is 68.5. The zero-order valence-corrected chi connectivity index (χ0v) is 65.3. The number of aliphatic hydroxyl groups is 1. The number of phosphoric acid groups is 2. The summed E-state index contributed by atoms with van der Waals surface area (Å²) in [6.45, 7) is 11.9. The molecule has 17 nitrogen and oxygen atoms in total. The Morgan fingerprint density at radius 2 is 0.474 bits per heavy atom. The van der Waals surface area contributed by atoms with Crippen LogP contribution < -0.4 is 0 Å². The molecule has 0 saturated heterocycles. The summed E-state index contributed by atoms with van der Waals surface area (Å²) in [6, 6.07) is 0. The third-order valence-electron chi connectivity index (χ3n) is 18.1. The molecule has 0 aliphatic heterocycles. The third-order valence-corrected chi connectivity index (χ3v) is 20.0. The normalized spacial score (nSPS) is 14.0. The Hall–Kier alpha value is -1.94. The molecule has 0 aromatic carbocycles. The number of carbonyl (C=O) groups excluding carboxylic acids is 4. The Kier molecular flexibility index (Phi) is 67.1. The number of carbonyl (C=O) groups is 4. The molecule has 3 N–H and O–H groups in total. The lowest BCUT2D eigenvalue weighted by molar-refractivity contribution is -0.161. The molecule has 0 fully saturated rings. The lowest BCUT2D eigenvalue weighted by Crippen LogP contribution is -2.30. The van der Waals surface area contributed by atoms with E-state index in [-0.39, 0.29) is 25.7 Å². The fraction of sp³-hybridized carbons (Fsp3) is 0.949. The molecule has 0 heterocycles. The minimum atomic E-state index is -4.96. The third kappa shape index (κ3) is 72.2. The Morgan fingerprint density at radius 3 is 0.701 bits per heavy atom. The first kappa shape index (κ1) is 95.1. The van der Waals surface area contributed by atoms with Crippen molar-refractivity contribution in [1.29, 1.82) is 0 Å². The van der Waals surface area contributed by atoms with E-state index >= 15 is 0 Å². The van der Waals surface area contributed by atoms with Gasteiger partial charge in [0.15, 0.2) is 12.2 Å². The topological polar surface area (TPSA) is 237 Å². The van der Waals surface area contributed by atoms with Crippen LogP contribution in [0.25, 0.3) is 0 Å². The molecule has 0 amide bonds. The number of aliphatic hydroxyl groups excluding tert-OH is 1. The Labute approximate surface area is 594 Å². The maximum atomic E-state index is 13.1. The van der Waals surface area contributed by atoms with Crippen molar-refractivity contribution >= 4 is 39.5 Å². The van der Waals surface area contributed by atoms with Gasteiger partial charge in [0.1, 0.15) is 19.3 Å². The van der Waals surface area contributed by atoms with Crippen molar-refractivity contribution in [1.82, 2.24) is 0 Å². The molecule has 2 unspecified atom stereocenters. The number of rotatable bonds is 76. The SMILES string of the molecule is CCCCCCCCCCC(=O)OC[C@H](COP(=O)(O)OC[C@H](O)COP(=O)(O)OC[C@@H](COC(=O)CCCCCCCCCCCCCCCCCCC(C)C)OC(=O)CCCCCCCCCCCCCCCCCCC(C)C)OC(=O)CCCCCCCCCCC(C)C. The second-order valence-corrected chi connectivity index (χ2v) is 32.4. The summed E-state index contributed by atoms with van der Waals surface area (Å²) in [5.74, 6) is 0.221. The van der Waals surface area contributed by atoms with Crippen LogP contribution >= 0.6 is 15.6 Å².